The fourth-order valence-electron chi connectivity index (χ4n) is 2.91. The molecule has 33 heavy (non-hydrogen) atoms. The molecule has 0 aromatic heterocycles. The van der Waals surface area contributed by atoms with Crippen molar-refractivity contribution in [1.29, 1.82) is 0 Å². The molecule has 0 fully saturated rings. The van der Waals surface area contributed by atoms with Crippen LogP contribution in [0.3, 0.4) is 0 Å². The summed E-state index contributed by atoms with van der Waals surface area (Å²) in [6.45, 7) is 15.0. The summed E-state index contributed by atoms with van der Waals surface area (Å²) >= 11 is 0. The molecule has 7 nitrogen and oxygen atoms in total. The van der Waals surface area contributed by atoms with Crippen molar-refractivity contribution >= 4 is 20.0 Å². The topological polar surface area (TPSA) is 84.0 Å². The standard InChI is InChI=1S/C24H28N2O5S2/c1-5-17-25(18-6-2)32(27,28)23-13-9-21(10-14-23)31-22-11-15-24(16-12-22)33(29,30)26(19-7-3)20-8-4/h5-16H,1-4,17-20H2. The molecule has 0 bridgehead atoms. The first kappa shape index (κ1) is 26.3. The highest BCUT2D eigenvalue weighted by molar-refractivity contribution is 7.89. The Morgan fingerprint density at radius 3 is 1.09 bits per heavy atom. The molecule has 0 heterocycles. The highest BCUT2D eigenvalue weighted by atomic mass is 32.2. The normalized spacial score (nSPS) is 11.8. The first-order chi connectivity index (χ1) is 15.7. The Morgan fingerprint density at radius 2 is 0.848 bits per heavy atom. The molecule has 2 aromatic carbocycles. The number of rotatable bonds is 14. The minimum absolute atomic E-state index is 0.115. The maximum atomic E-state index is 12.8. The van der Waals surface area contributed by atoms with Gasteiger partial charge in [-0.1, -0.05) is 24.3 Å². The highest BCUT2D eigenvalue weighted by Crippen LogP contribution is 2.26. The molecule has 0 amide bonds. The van der Waals surface area contributed by atoms with Gasteiger partial charge in [0.25, 0.3) is 0 Å². The molecule has 0 atom stereocenters. The smallest absolute Gasteiger partial charge is 0.243 e. The lowest BCUT2D eigenvalue weighted by Crippen LogP contribution is -2.31. The summed E-state index contributed by atoms with van der Waals surface area (Å²) in [5.74, 6) is 0.812. The van der Waals surface area contributed by atoms with Gasteiger partial charge in [-0.15, -0.1) is 26.3 Å². The van der Waals surface area contributed by atoms with Gasteiger partial charge in [-0.2, -0.15) is 8.61 Å². The number of sulfonamides is 2. The number of benzene rings is 2. The van der Waals surface area contributed by atoms with E-state index in [-0.39, 0.29) is 36.0 Å². The van der Waals surface area contributed by atoms with E-state index in [1.165, 1.54) is 81.4 Å². The largest absolute Gasteiger partial charge is 0.457 e. The van der Waals surface area contributed by atoms with E-state index in [9.17, 15) is 16.8 Å². The van der Waals surface area contributed by atoms with E-state index in [0.29, 0.717) is 11.5 Å². The van der Waals surface area contributed by atoms with E-state index in [0.717, 1.165) is 0 Å². The first-order valence-corrected chi connectivity index (χ1v) is 12.9. The van der Waals surface area contributed by atoms with Crippen molar-refractivity contribution in [2.75, 3.05) is 26.2 Å². The minimum Gasteiger partial charge on any atom is -0.457 e. The third-order valence-electron chi connectivity index (χ3n) is 4.49. The van der Waals surface area contributed by atoms with Crippen molar-refractivity contribution in [3.63, 3.8) is 0 Å². The average Bonchev–Trinajstić information content (AvgIpc) is 2.79. The second kappa shape index (κ2) is 11.8. The zero-order chi connectivity index (χ0) is 24.5. The zero-order valence-corrected chi connectivity index (χ0v) is 20.0. The van der Waals surface area contributed by atoms with Crippen molar-refractivity contribution in [2.24, 2.45) is 0 Å². The van der Waals surface area contributed by atoms with E-state index in [1.54, 1.807) is 0 Å². The fourth-order valence-corrected chi connectivity index (χ4v) is 5.67. The van der Waals surface area contributed by atoms with Crippen LogP contribution in [0.5, 0.6) is 11.5 Å². The molecule has 0 aliphatic heterocycles. The lowest BCUT2D eigenvalue weighted by atomic mass is 10.3. The monoisotopic (exact) mass is 488 g/mol. The maximum Gasteiger partial charge on any atom is 0.243 e. The summed E-state index contributed by atoms with van der Waals surface area (Å²) in [4.78, 5) is 0.231. The Bertz CT molecular complexity index is 1070. The highest BCUT2D eigenvalue weighted by Gasteiger charge is 2.23. The van der Waals surface area contributed by atoms with E-state index in [4.69, 9.17) is 4.74 Å². The van der Waals surface area contributed by atoms with E-state index in [1.807, 2.05) is 0 Å². The molecule has 0 aliphatic carbocycles. The first-order valence-electron chi connectivity index (χ1n) is 10.0. The SMILES string of the molecule is C=CCN(CC=C)S(=O)(=O)c1ccc(Oc2ccc(S(=O)(=O)N(CC=C)CC=C)cc2)cc1. The zero-order valence-electron chi connectivity index (χ0n) is 18.3. The third-order valence-corrected chi connectivity index (χ3v) is 8.18. The van der Waals surface area contributed by atoms with Gasteiger partial charge in [0, 0.05) is 26.2 Å². The predicted octanol–water partition coefficient (Wildman–Crippen LogP) is 4.20. The van der Waals surface area contributed by atoms with Crippen molar-refractivity contribution in [1.82, 2.24) is 8.61 Å². The molecule has 176 valence electrons. The molecule has 0 aliphatic rings. The Labute approximate surface area is 196 Å². The van der Waals surface area contributed by atoms with Gasteiger partial charge >= 0.3 is 0 Å². The summed E-state index contributed by atoms with van der Waals surface area (Å²) in [5, 5.41) is 0. The van der Waals surface area contributed by atoms with Gasteiger partial charge in [0.15, 0.2) is 0 Å². The lowest BCUT2D eigenvalue weighted by molar-refractivity contribution is 0.471. The molecular formula is C24H28N2O5S2. The van der Waals surface area contributed by atoms with Crippen molar-refractivity contribution in [3.05, 3.63) is 99.2 Å². The second-order valence-electron chi connectivity index (χ2n) is 6.84. The maximum absolute atomic E-state index is 12.8. The Balaban J connectivity index is 2.19. The van der Waals surface area contributed by atoms with Crippen LogP contribution in [0.2, 0.25) is 0 Å². The molecular weight excluding hydrogens is 460 g/mol. The van der Waals surface area contributed by atoms with Crippen LogP contribution in [0.1, 0.15) is 0 Å². The van der Waals surface area contributed by atoms with Crippen LogP contribution in [0.4, 0.5) is 0 Å². The van der Waals surface area contributed by atoms with E-state index < -0.39 is 20.0 Å². The summed E-state index contributed by atoms with van der Waals surface area (Å²) in [7, 11) is -7.41. The summed E-state index contributed by atoms with van der Waals surface area (Å²) in [6, 6.07) is 11.9. The van der Waals surface area contributed by atoms with Crippen molar-refractivity contribution in [2.45, 2.75) is 9.79 Å². The van der Waals surface area contributed by atoms with Crippen LogP contribution < -0.4 is 4.74 Å². The lowest BCUT2D eigenvalue weighted by Gasteiger charge is -2.19. The van der Waals surface area contributed by atoms with Crippen LogP contribution >= 0.6 is 0 Å². The van der Waals surface area contributed by atoms with Gasteiger partial charge in [0.2, 0.25) is 20.0 Å². The minimum atomic E-state index is -3.70. The van der Waals surface area contributed by atoms with Gasteiger partial charge in [-0.3, -0.25) is 0 Å². The molecule has 0 saturated carbocycles. The van der Waals surface area contributed by atoms with Crippen LogP contribution in [-0.2, 0) is 20.0 Å². The summed E-state index contributed by atoms with van der Waals surface area (Å²) in [6.07, 6.45) is 6.04. The van der Waals surface area contributed by atoms with Gasteiger partial charge in [-0.25, -0.2) is 16.8 Å². The van der Waals surface area contributed by atoms with Crippen molar-refractivity contribution < 1.29 is 21.6 Å². The van der Waals surface area contributed by atoms with Crippen LogP contribution in [0.25, 0.3) is 0 Å². The average molecular weight is 489 g/mol. The Hall–Kier alpha value is -2.98. The van der Waals surface area contributed by atoms with Crippen molar-refractivity contribution in [3.8, 4) is 11.5 Å². The molecule has 0 unspecified atom stereocenters. The fraction of sp³-hybridized carbons (Fsp3) is 0.167. The van der Waals surface area contributed by atoms with E-state index >= 15 is 0 Å². The van der Waals surface area contributed by atoms with Crippen LogP contribution in [-0.4, -0.2) is 51.6 Å². The Kier molecular flexibility index (Phi) is 9.36. The molecule has 0 radical (unpaired) electrons. The van der Waals surface area contributed by atoms with E-state index in [2.05, 4.69) is 26.3 Å². The molecule has 2 aromatic rings. The van der Waals surface area contributed by atoms with Gasteiger partial charge < -0.3 is 4.74 Å². The van der Waals surface area contributed by atoms with Gasteiger partial charge in [-0.05, 0) is 48.5 Å². The molecule has 2 rings (SSSR count). The number of nitrogens with zero attached hydrogens (tertiary/aromatic N) is 2. The molecule has 9 heteroatoms. The molecule has 0 N–H and O–H groups in total. The predicted molar refractivity (Wildman–Crippen MR) is 131 cm³/mol. The van der Waals surface area contributed by atoms with Gasteiger partial charge in [0.05, 0.1) is 9.79 Å². The van der Waals surface area contributed by atoms with Crippen LogP contribution in [0.15, 0.2) is 109 Å². The summed E-state index contributed by atoms with van der Waals surface area (Å²) in [5.41, 5.74) is 0. The number of hydrogen-bond acceptors (Lipinski definition) is 5. The number of hydrogen-bond donors (Lipinski definition) is 0. The molecule has 0 saturated heterocycles. The Morgan fingerprint density at radius 1 is 0.576 bits per heavy atom. The van der Waals surface area contributed by atoms with Gasteiger partial charge in [0.1, 0.15) is 11.5 Å². The van der Waals surface area contributed by atoms with Crippen LogP contribution in [0, 0.1) is 0 Å². The summed E-state index contributed by atoms with van der Waals surface area (Å²) < 4.78 is 59.4. The second-order valence-corrected chi connectivity index (χ2v) is 10.7. The quantitative estimate of drug-likeness (QED) is 0.372. The third kappa shape index (κ3) is 6.52. The molecule has 0 spiro atoms. The number of ether oxygens (including phenoxy) is 1.